The van der Waals surface area contributed by atoms with Gasteiger partial charge < -0.3 is 15.4 Å². The quantitative estimate of drug-likeness (QED) is 0.779. The molecule has 2 N–H and O–H groups in total. The molecule has 0 aliphatic carbocycles. The van der Waals surface area contributed by atoms with Crippen molar-refractivity contribution in [3.05, 3.63) is 30.5 Å². The van der Waals surface area contributed by atoms with Crippen molar-refractivity contribution in [3.63, 3.8) is 0 Å². The summed E-state index contributed by atoms with van der Waals surface area (Å²) in [5.74, 6) is 0. The summed E-state index contributed by atoms with van der Waals surface area (Å²) in [5.41, 5.74) is 8.93. The summed E-state index contributed by atoms with van der Waals surface area (Å²) in [6.45, 7) is 3.54. The highest BCUT2D eigenvalue weighted by molar-refractivity contribution is 5.98. The Morgan fingerprint density at radius 2 is 2.11 bits per heavy atom. The maximum Gasteiger partial charge on any atom is 0.0955 e. The molecule has 0 spiro atoms. The zero-order valence-electron chi connectivity index (χ0n) is 10.3. The lowest BCUT2D eigenvalue weighted by Gasteiger charge is -2.23. The van der Waals surface area contributed by atoms with Crippen LogP contribution in [0.2, 0.25) is 0 Å². The number of nitrogens with two attached hydrogens (primary N) is 1. The molecule has 1 saturated heterocycles. The molecule has 2 aromatic rings. The third-order valence-electron chi connectivity index (χ3n) is 3.35. The first kappa shape index (κ1) is 11.3. The number of fused-ring (bicyclic) bond motifs is 1. The third-order valence-corrected chi connectivity index (χ3v) is 3.35. The van der Waals surface area contributed by atoms with Crippen LogP contribution in [0.3, 0.4) is 0 Å². The van der Waals surface area contributed by atoms with Gasteiger partial charge in [0.1, 0.15) is 0 Å². The van der Waals surface area contributed by atoms with Gasteiger partial charge in [-0.15, -0.1) is 0 Å². The van der Waals surface area contributed by atoms with Gasteiger partial charge in [0.15, 0.2) is 0 Å². The van der Waals surface area contributed by atoms with E-state index < -0.39 is 0 Å². The van der Waals surface area contributed by atoms with Crippen molar-refractivity contribution < 1.29 is 4.74 Å². The summed E-state index contributed by atoms with van der Waals surface area (Å²) in [5, 5.41) is 1.03. The molecule has 1 aromatic carbocycles. The first-order chi connectivity index (χ1) is 8.86. The summed E-state index contributed by atoms with van der Waals surface area (Å²) >= 11 is 0. The molecule has 2 heterocycles. The van der Waals surface area contributed by atoms with Gasteiger partial charge >= 0.3 is 0 Å². The number of hydrogen-bond donors (Lipinski definition) is 1. The van der Waals surface area contributed by atoms with E-state index in [-0.39, 0.29) is 0 Å². The van der Waals surface area contributed by atoms with Crippen molar-refractivity contribution in [1.29, 1.82) is 0 Å². The van der Waals surface area contributed by atoms with Gasteiger partial charge in [0, 0.05) is 37.0 Å². The number of nitrogens with zero attached hydrogens (tertiary/aromatic N) is 2. The van der Waals surface area contributed by atoms with Gasteiger partial charge in [0.05, 0.1) is 17.8 Å². The number of hydrogen-bond acceptors (Lipinski definition) is 4. The lowest BCUT2D eigenvalue weighted by Crippen LogP contribution is -2.26. The fourth-order valence-corrected chi connectivity index (χ4v) is 2.42. The average Bonchev–Trinajstić information content (AvgIpc) is 2.68. The van der Waals surface area contributed by atoms with E-state index >= 15 is 0 Å². The minimum Gasteiger partial charge on any atom is -0.398 e. The van der Waals surface area contributed by atoms with Crippen molar-refractivity contribution in [2.45, 2.75) is 6.42 Å². The number of pyridine rings is 1. The summed E-state index contributed by atoms with van der Waals surface area (Å²) in [6.07, 6.45) is 2.87. The zero-order chi connectivity index (χ0) is 12.4. The Bertz CT molecular complexity index is 548. The van der Waals surface area contributed by atoms with Crippen LogP contribution >= 0.6 is 0 Å². The van der Waals surface area contributed by atoms with Gasteiger partial charge in [-0.2, -0.15) is 0 Å². The normalized spacial score (nSPS) is 16.8. The first-order valence-corrected chi connectivity index (χ1v) is 6.32. The number of ether oxygens (including phenoxy) is 1. The highest BCUT2D eigenvalue weighted by Crippen LogP contribution is 2.29. The third kappa shape index (κ3) is 1.99. The van der Waals surface area contributed by atoms with E-state index in [1.807, 2.05) is 24.4 Å². The second-order valence-electron chi connectivity index (χ2n) is 4.53. The SMILES string of the molecule is Nc1ccc(N2CCCOCC2)c2ncccc12. The highest BCUT2D eigenvalue weighted by atomic mass is 16.5. The lowest BCUT2D eigenvalue weighted by molar-refractivity contribution is 0.152. The second-order valence-corrected chi connectivity index (χ2v) is 4.53. The Kier molecular flexibility index (Phi) is 3.02. The van der Waals surface area contributed by atoms with Gasteiger partial charge in [-0.3, -0.25) is 4.98 Å². The second kappa shape index (κ2) is 4.82. The maximum absolute atomic E-state index is 6.00. The van der Waals surface area contributed by atoms with Gasteiger partial charge in [0.2, 0.25) is 0 Å². The van der Waals surface area contributed by atoms with E-state index in [1.54, 1.807) is 0 Å². The van der Waals surface area contributed by atoms with Crippen LogP contribution in [0.25, 0.3) is 10.9 Å². The fraction of sp³-hybridized carbons (Fsp3) is 0.357. The predicted molar refractivity (Wildman–Crippen MR) is 73.8 cm³/mol. The van der Waals surface area contributed by atoms with Crippen LogP contribution in [0.1, 0.15) is 6.42 Å². The molecule has 4 nitrogen and oxygen atoms in total. The van der Waals surface area contributed by atoms with Crippen molar-refractivity contribution in [2.24, 2.45) is 0 Å². The number of anilines is 2. The number of nitrogen functional groups attached to an aromatic ring is 1. The number of benzene rings is 1. The van der Waals surface area contributed by atoms with Crippen molar-refractivity contribution >= 4 is 22.3 Å². The zero-order valence-corrected chi connectivity index (χ0v) is 10.3. The van der Waals surface area contributed by atoms with E-state index in [4.69, 9.17) is 10.5 Å². The van der Waals surface area contributed by atoms with Gasteiger partial charge in [-0.05, 0) is 30.7 Å². The molecule has 0 saturated carbocycles. The molecule has 1 fully saturated rings. The smallest absolute Gasteiger partial charge is 0.0955 e. The van der Waals surface area contributed by atoms with E-state index in [9.17, 15) is 0 Å². The van der Waals surface area contributed by atoms with Gasteiger partial charge in [-0.1, -0.05) is 0 Å². The lowest BCUT2D eigenvalue weighted by atomic mass is 10.1. The molecule has 3 rings (SSSR count). The molecule has 0 bridgehead atoms. The van der Waals surface area contributed by atoms with E-state index in [2.05, 4.69) is 16.0 Å². The molecule has 0 radical (unpaired) electrons. The summed E-state index contributed by atoms with van der Waals surface area (Å²) in [6, 6.07) is 7.98. The Labute approximate surface area is 106 Å². The van der Waals surface area contributed by atoms with Crippen molar-refractivity contribution in [3.8, 4) is 0 Å². The largest absolute Gasteiger partial charge is 0.398 e. The van der Waals surface area contributed by atoms with Crippen molar-refractivity contribution in [2.75, 3.05) is 36.9 Å². The minimum absolute atomic E-state index is 0.776. The van der Waals surface area contributed by atoms with Crippen LogP contribution in [0, 0.1) is 0 Å². The molecular formula is C14H17N3O. The molecule has 1 aliphatic heterocycles. The van der Waals surface area contributed by atoms with E-state index in [1.165, 1.54) is 0 Å². The summed E-state index contributed by atoms with van der Waals surface area (Å²) in [4.78, 5) is 6.82. The standard InChI is InChI=1S/C14H17N3O/c15-12-4-5-13(14-11(12)3-1-6-16-14)17-7-2-9-18-10-8-17/h1,3-6H,2,7-10,15H2. The molecule has 0 atom stereocenters. The summed E-state index contributed by atoms with van der Waals surface area (Å²) in [7, 11) is 0. The fourth-order valence-electron chi connectivity index (χ4n) is 2.42. The van der Waals surface area contributed by atoms with Gasteiger partial charge in [-0.25, -0.2) is 0 Å². The van der Waals surface area contributed by atoms with E-state index in [0.717, 1.165) is 55.0 Å². The molecule has 94 valence electrons. The molecule has 1 aromatic heterocycles. The monoisotopic (exact) mass is 243 g/mol. The Hall–Kier alpha value is -1.81. The predicted octanol–water partition coefficient (Wildman–Crippen LogP) is 2.04. The maximum atomic E-state index is 6.00. The molecule has 0 amide bonds. The van der Waals surface area contributed by atoms with Crippen LogP contribution < -0.4 is 10.6 Å². The Morgan fingerprint density at radius 3 is 3.06 bits per heavy atom. The first-order valence-electron chi connectivity index (χ1n) is 6.32. The van der Waals surface area contributed by atoms with Crippen LogP contribution in [-0.4, -0.2) is 31.3 Å². The number of aromatic nitrogens is 1. The van der Waals surface area contributed by atoms with Crippen LogP contribution in [0.4, 0.5) is 11.4 Å². The van der Waals surface area contributed by atoms with Crippen LogP contribution in [0.15, 0.2) is 30.5 Å². The van der Waals surface area contributed by atoms with Gasteiger partial charge in [0.25, 0.3) is 0 Å². The minimum atomic E-state index is 0.776. The molecular weight excluding hydrogens is 226 g/mol. The topological polar surface area (TPSA) is 51.4 Å². The number of rotatable bonds is 1. The molecule has 0 unspecified atom stereocenters. The van der Waals surface area contributed by atoms with Crippen LogP contribution in [-0.2, 0) is 4.74 Å². The molecule has 18 heavy (non-hydrogen) atoms. The van der Waals surface area contributed by atoms with Crippen molar-refractivity contribution in [1.82, 2.24) is 4.98 Å². The van der Waals surface area contributed by atoms with Crippen LogP contribution in [0.5, 0.6) is 0 Å². The molecule has 4 heteroatoms. The Balaban J connectivity index is 2.08. The summed E-state index contributed by atoms with van der Waals surface area (Å²) < 4.78 is 5.50. The van der Waals surface area contributed by atoms with E-state index in [0.29, 0.717) is 0 Å². The highest BCUT2D eigenvalue weighted by Gasteiger charge is 2.14. The average molecular weight is 243 g/mol. The Morgan fingerprint density at radius 1 is 1.17 bits per heavy atom. The molecule has 1 aliphatic rings.